The van der Waals surface area contributed by atoms with E-state index in [2.05, 4.69) is 33.0 Å². The molecule has 3 aromatic carbocycles. The molecule has 1 atom stereocenters. The molecule has 0 radical (unpaired) electrons. The maximum absolute atomic E-state index is 13.8. The van der Waals surface area contributed by atoms with Crippen LogP contribution in [-0.2, 0) is 28.0 Å². The third kappa shape index (κ3) is 9.01. The van der Waals surface area contributed by atoms with Crippen molar-refractivity contribution in [2.75, 3.05) is 13.2 Å². The SMILES string of the molecule is CCCCNC(=O)C(Cc1ccccc1)N(Cc1c(Cl)cccc1Cl)C(=O)COc1ccc(C(C)(C)C)cc1. The fraction of sp³-hybridized carbons (Fsp3) is 0.375. The Bertz CT molecular complexity index is 1200. The fourth-order valence-electron chi connectivity index (χ4n) is 4.19. The maximum Gasteiger partial charge on any atom is 0.261 e. The van der Waals surface area contributed by atoms with Crippen LogP contribution in [0.1, 0.15) is 57.2 Å². The molecule has 0 saturated heterocycles. The van der Waals surface area contributed by atoms with Gasteiger partial charge in [-0.1, -0.05) is 106 Å². The van der Waals surface area contributed by atoms with Crippen molar-refractivity contribution in [1.29, 1.82) is 0 Å². The molecule has 1 N–H and O–H groups in total. The van der Waals surface area contributed by atoms with Crippen LogP contribution in [0.3, 0.4) is 0 Å². The summed E-state index contributed by atoms with van der Waals surface area (Å²) >= 11 is 13.0. The number of ether oxygens (including phenoxy) is 1. The normalized spacial score (nSPS) is 12.1. The van der Waals surface area contributed by atoms with E-state index in [9.17, 15) is 9.59 Å². The van der Waals surface area contributed by atoms with E-state index in [0.29, 0.717) is 34.3 Å². The number of benzene rings is 3. The van der Waals surface area contributed by atoms with Crippen LogP contribution in [-0.4, -0.2) is 35.9 Å². The van der Waals surface area contributed by atoms with Crippen molar-refractivity contribution in [2.24, 2.45) is 0 Å². The summed E-state index contributed by atoms with van der Waals surface area (Å²) in [5.41, 5.74) is 2.70. The minimum Gasteiger partial charge on any atom is -0.484 e. The van der Waals surface area contributed by atoms with E-state index >= 15 is 0 Å². The second kappa shape index (κ2) is 14.4. The molecule has 7 heteroatoms. The number of rotatable bonds is 12. The van der Waals surface area contributed by atoms with Crippen LogP contribution in [0.4, 0.5) is 0 Å². The van der Waals surface area contributed by atoms with Gasteiger partial charge in [0.15, 0.2) is 6.61 Å². The average molecular weight is 570 g/mol. The Labute approximate surface area is 242 Å². The molecule has 0 spiro atoms. The molecule has 0 bridgehead atoms. The Balaban J connectivity index is 1.91. The quantitative estimate of drug-likeness (QED) is 0.234. The van der Waals surface area contributed by atoms with Crippen molar-refractivity contribution >= 4 is 35.0 Å². The number of hydrogen-bond donors (Lipinski definition) is 1. The predicted molar refractivity (Wildman–Crippen MR) is 160 cm³/mol. The highest BCUT2D eigenvalue weighted by Gasteiger charge is 2.31. The van der Waals surface area contributed by atoms with Gasteiger partial charge in [0, 0.05) is 35.1 Å². The predicted octanol–water partition coefficient (Wildman–Crippen LogP) is 7.23. The van der Waals surface area contributed by atoms with Gasteiger partial charge in [-0.3, -0.25) is 9.59 Å². The van der Waals surface area contributed by atoms with Crippen LogP contribution in [0.5, 0.6) is 5.75 Å². The first-order valence-corrected chi connectivity index (χ1v) is 14.1. The topological polar surface area (TPSA) is 58.6 Å². The number of unbranched alkanes of at least 4 members (excludes halogenated alkanes) is 1. The molecule has 0 fully saturated rings. The monoisotopic (exact) mass is 568 g/mol. The van der Waals surface area contributed by atoms with Gasteiger partial charge in [-0.25, -0.2) is 0 Å². The summed E-state index contributed by atoms with van der Waals surface area (Å²) in [6.07, 6.45) is 2.14. The minimum atomic E-state index is -0.782. The molecule has 3 aromatic rings. The van der Waals surface area contributed by atoms with E-state index in [-0.39, 0.29) is 30.4 Å². The number of carbonyl (C=O) groups excluding carboxylic acids is 2. The molecule has 0 aliphatic carbocycles. The molecule has 0 aliphatic heterocycles. The fourth-order valence-corrected chi connectivity index (χ4v) is 4.71. The minimum absolute atomic E-state index is 0.00909. The second-order valence-corrected chi connectivity index (χ2v) is 11.4. The zero-order valence-corrected chi connectivity index (χ0v) is 24.7. The number of amides is 2. The summed E-state index contributed by atoms with van der Waals surface area (Å²) in [6, 6.07) is 21.8. The first kappa shape index (κ1) is 30.5. The Morgan fingerprint density at radius 3 is 2.15 bits per heavy atom. The summed E-state index contributed by atoms with van der Waals surface area (Å²) in [7, 11) is 0. The lowest BCUT2D eigenvalue weighted by molar-refractivity contribution is -0.142. The van der Waals surface area contributed by atoms with Crippen LogP contribution >= 0.6 is 23.2 Å². The molecule has 208 valence electrons. The number of hydrogen-bond acceptors (Lipinski definition) is 3. The summed E-state index contributed by atoms with van der Waals surface area (Å²) in [6.45, 7) is 8.86. The molecule has 39 heavy (non-hydrogen) atoms. The summed E-state index contributed by atoms with van der Waals surface area (Å²) in [5, 5.41) is 3.88. The standard InChI is InChI=1S/C32H38Cl2N2O3/c1-5-6-19-35-31(38)29(20-23-11-8-7-9-12-23)36(21-26-27(33)13-10-14-28(26)34)30(37)22-39-25-17-15-24(16-18-25)32(2,3)4/h7-18,29H,5-6,19-22H2,1-4H3,(H,35,38). The van der Waals surface area contributed by atoms with E-state index in [0.717, 1.165) is 18.4 Å². The lowest BCUT2D eigenvalue weighted by atomic mass is 9.87. The highest BCUT2D eigenvalue weighted by Crippen LogP contribution is 2.28. The average Bonchev–Trinajstić information content (AvgIpc) is 2.91. The van der Waals surface area contributed by atoms with Crippen LogP contribution in [0, 0.1) is 0 Å². The van der Waals surface area contributed by atoms with Gasteiger partial charge in [0.2, 0.25) is 5.91 Å². The molecule has 2 amide bonds. The van der Waals surface area contributed by atoms with Gasteiger partial charge in [-0.05, 0) is 47.2 Å². The molecule has 0 aliphatic rings. The van der Waals surface area contributed by atoms with Gasteiger partial charge in [-0.2, -0.15) is 0 Å². The van der Waals surface area contributed by atoms with Crippen molar-refractivity contribution in [3.05, 3.63) is 99.5 Å². The Morgan fingerprint density at radius 1 is 0.923 bits per heavy atom. The Morgan fingerprint density at radius 2 is 1.56 bits per heavy atom. The second-order valence-electron chi connectivity index (χ2n) is 10.6. The Kier molecular flexibility index (Phi) is 11.3. The van der Waals surface area contributed by atoms with E-state index < -0.39 is 6.04 Å². The van der Waals surface area contributed by atoms with Crippen LogP contribution < -0.4 is 10.1 Å². The van der Waals surface area contributed by atoms with Crippen LogP contribution in [0.2, 0.25) is 10.0 Å². The zero-order chi connectivity index (χ0) is 28.4. The molecule has 5 nitrogen and oxygen atoms in total. The number of nitrogens with one attached hydrogen (secondary N) is 1. The highest BCUT2D eigenvalue weighted by atomic mass is 35.5. The van der Waals surface area contributed by atoms with E-state index in [1.165, 1.54) is 10.5 Å². The van der Waals surface area contributed by atoms with Crippen LogP contribution in [0.25, 0.3) is 0 Å². The largest absolute Gasteiger partial charge is 0.484 e. The number of carbonyl (C=O) groups is 2. The van der Waals surface area contributed by atoms with Crippen molar-refractivity contribution in [1.82, 2.24) is 10.2 Å². The molecular formula is C32H38Cl2N2O3. The number of halogens is 2. The van der Waals surface area contributed by atoms with E-state index in [1.54, 1.807) is 18.2 Å². The molecule has 0 aromatic heterocycles. The van der Waals surface area contributed by atoms with E-state index in [4.69, 9.17) is 27.9 Å². The van der Waals surface area contributed by atoms with E-state index in [1.807, 2.05) is 54.6 Å². The van der Waals surface area contributed by atoms with Gasteiger partial charge in [-0.15, -0.1) is 0 Å². The highest BCUT2D eigenvalue weighted by molar-refractivity contribution is 6.36. The van der Waals surface area contributed by atoms with Crippen molar-refractivity contribution < 1.29 is 14.3 Å². The third-order valence-electron chi connectivity index (χ3n) is 6.57. The smallest absolute Gasteiger partial charge is 0.261 e. The van der Waals surface area contributed by atoms with Crippen molar-refractivity contribution in [3.8, 4) is 5.75 Å². The number of nitrogens with zero attached hydrogens (tertiary/aromatic N) is 1. The van der Waals surface area contributed by atoms with Gasteiger partial charge in [0.05, 0.1) is 0 Å². The van der Waals surface area contributed by atoms with Gasteiger partial charge in [0.25, 0.3) is 5.91 Å². The molecule has 1 unspecified atom stereocenters. The third-order valence-corrected chi connectivity index (χ3v) is 7.28. The lowest BCUT2D eigenvalue weighted by Gasteiger charge is -2.32. The first-order valence-electron chi connectivity index (χ1n) is 13.4. The lowest BCUT2D eigenvalue weighted by Crippen LogP contribution is -2.52. The summed E-state index contributed by atoms with van der Waals surface area (Å²) in [4.78, 5) is 28.8. The summed E-state index contributed by atoms with van der Waals surface area (Å²) in [5.74, 6) is 0.0231. The van der Waals surface area contributed by atoms with Gasteiger partial charge in [0.1, 0.15) is 11.8 Å². The van der Waals surface area contributed by atoms with Crippen LogP contribution in [0.15, 0.2) is 72.8 Å². The van der Waals surface area contributed by atoms with Gasteiger partial charge < -0.3 is 15.0 Å². The molecule has 3 rings (SSSR count). The summed E-state index contributed by atoms with van der Waals surface area (Å²) < 4.78 is 5.90. The Hall–Kier alpha value is -3.02. The van der Waals surface area contributed by atoms with Crippen molar-refractivity contribution in [3.63, 3.8) is 0 Å². The molecule has 0 saturated carbocycles. The zero-order valence-electron chi connectivity index (χ0n) is 23.2. The molecule has 0 heterocycles. The van der Waals surface area contributed by atoms with Crippen molar-refractivity contribution in [2.45, 2.75) is 65.0 Å². The maximum atomic E-state index is 13.8. The first-order chi connectivity index (χ1) is 18.6. The van der Waals surface area contributed by atoms with Gasteiger partial charge >= 0.3 is 0 Å². The molecular weight excluding hydrogens is 531 g/mol.